The molecule has 3 rings (SSSR count). The van der Waals surface area contributed by atoms with Crippen molar-refractivity contribution in [1.29, 1.82) is 0 Å². The van der Waals surface area contributed by atoms with Crippen LogP contribution in [0.3, 0.4) is 0 Å². The van der Waals surface area contributed by atoms with Gasteiger partial charge in [0, 0.05) is 17.9 Å². The number of aromatic nitrogens is 5. The molecule has 0 bridgehead atoms. The molecule has 1 saturated heterocycles. The summed E-state index contributed by atoms with van der Waals surface area (Å²) in [5.41, 5.74) is 1.56. The molecule has 1 fully saturated rings. The molecule has 0 amide bonds. The lowest BCUT2D eigenvalue weighted by molar-refractivity contribution is 0.499. The van der Waals surface area contributed by atoms with Crippen molar-refractivity contribution in [2.24, 2.45) is 0 Å². The molecule has 1 aliphatic heterocycles. The molecule has 0 aromatic carbocycles. The third-order valence-electron chi connectivity index (χ3n) is 3.95. The van der Waals surface area contributed by atoms with Gasteiger partial charge in [-0.3, -0.25) is 0 Å². The van der Waals surface area contributed by atoms with Crippen LogP contribution < -0.4 is 0 Å². The lowest BCUT2D eigenvalue weighted by atomic mass is 10.2. The maximum Gasteiger partial charge on any atom is 0.177 e. The Morgan fingerprint density at radius 1 is 1.29 bits per heavy atom. The van der Waals surface area contributed by atoms with E-state index in [9.17, 15) is 8.42 Å². The number of thioether (sulfide) groups is 1. The third kappa shape index (κ3) is 3.77. The standard InChI is InChI=1S/C15H21N5O2S2/c1-10-8-13(17-11(2)16-10)15-18-14(4-6-23-3)19-20(15)12-5-7-24(21,22)9-12/h8,12H,4-7,9H2,1-3H3. The van der Waals surface area contributed by atoms with Crippen molar-refractivity contribution >= 4 is 21.6 Å². The summed E-state index contributed by atoms with van der Waals surface area (Å²) in [5.74, 6) is 3.30. The summed E-state index contributed by atoms with van der Waals surface area (Å²) >= 11 is 1.73. The average Bonchev–Trinajstić information content (AvgIpc) is 3.07. The quantitative estimate of drug-likeness (QED) is 0.793. The van der Waals surface area contributed by atoms with Crippen LogP contribution in [-0.4, -0.2) is 56.7 Å². The highest BCUT2D eigenvalue weighted by Gasteiger charge is 2.32. The number of hydrogen-bond donors (Lipinski definition) is 0. The van der Waals surface area contributed by atoms with E-state index >= 15 is 0 Å². The molecule has 0 aliphatic carbocycles. The molecular weight excluding hydrogens is 346 g/mol. The second kappa shape index (κ2) is 6.79. The largest absolute Gasteiger partial charge is 0.240 e. The van der Waals surface area contributed by atoms with Gasteiger partial charge in [-0.15, -0.1) is 0 Å². The van der Waals surface area contributed by atoms with Crippen LogP contribution in [0, 0.1) is 13.8 Å². The van der Waals surface area contributed by atoms with Gasteiger partial charge in [0.1, 0.15) is 11.5 Å². The van der Waals surface area contributed by atoms with Crippen LogP contribution in [0.15, 0.2) is 6.07 Å². The molecule has 9 heteroatoms. The fourth-order valence-corrected chi connectivity index (χ4v) is 4.97. The fraction of sp³-hybridized carbons (Fsp3) is 0.600. The maximum atomic E-state index is 11.9. The molecule has 7 nitrogen and oxygen atoms in total. The normalized spacial score (nSPS) is 19.7. The van der Waals surface area contributed by atoms with Crippen molar-refractivity contribution < 1.29 is 8.42 Å². The summed E-state index contributed by atoms with van der Waals surface area (Å²) < 4.78 is 25.5. The zero-order valence-electron chi connectivity index (χ0n) is 14.1. The monoisotopic (exact) mass is 367 g/mol. The molecule has 130 valence electrons. The predicted octanol–water partition coefficient (Wildman–Crippen LogP) is 1.62. The summed E-state index contributed by atoms with van der Waals surface area (Å²) in [5, 5.41) is 4.60. The second-order valence-electron chi connectivity index (χ2n) is 6.04. The molecule has 0 N–H and O–H groups in total. The van der Waals surface area contributed by atoms with Crippen LogP contribution in [0.5, 0.6) is 0 Å². The van der Waals surface area contributed by atoms with E-state index in [-0.39, 0.29) is 17.5 Å². The van der Waals surface area contributed by atoms with Crippen molar-refractivity contribution in [3.05, 3.63) is 23.4 Å². The molecule has 24 heavy (non-hydrogen) atoms. The average molecular weight is 368 g/mol. The van der Waals surface area contributed by atoms with Gasteiger partial charge in [0.05, 0.1) is 17.5 Å². The number of sulfone groups is 1. The van der Waals surface area contributed by atoms with Crippen molar-refractivity contribution in [3.8, 4) is 11.5 Å². The van der Waals surface area contributed by atoms with E-state index in [2.05, 4.69) is 20.1 Å². The number of rotatable bonds is 5. The van der Waals surface area contributed by atoms with E-state index < -0.39 is 9.84 Å². The van der Waals surface area contributed by atoms with Crippen molar-refractivity contribution in [1.82, 2.24) is 24.7 Å². The van der Waals surface area contributed by atoms with E-state index in [0.29, 0.717) is 23.8 Å². The fourth-order valence-electron chi connectivity index (χ4n) is 2.90. The highest BCUT2D eigenvalue weighted by molar-refractivity contribution is 7.98. The van der Waals surface area contributed by atoms with Crippen molar-refractivity contribution in [3.63, 3.8) is 0 Å². The third-order valence-corrected chi connectivity index (χ3v) is 6.32. The molecule has 0 radical (unpaired) electrons. The number of nitrogens with zero attached hydrogens (tertiary/aromatic N) is 5. The lowest BCUT2D eigenvalue weighted by Gasteiger charge is -2.11. The Hall–Kier alpha value is -1.48. The Morgan fingerprint density at radius 3 is 2.71 bits per heavy atom. The van der Waals surface area contributed by atoms with Gasteiger partial charge in [-0.25, -0.2) is 28.1 Å². The summed E-state index contributed by atoms with van der Waals surface area (Å²) in [7, 11) is -2.99. The summed E-state index contributed by atoms with van der Waals surface area (Å²) in [6, 6.07) is 1.70. The van der Waals surface area contributed by atoms with Gasteiger partial charge in [-0.2, -0.15) is 16.9 Å². The minimum atomic E-state index is -2.99. The topological polar surface area (TPSA) is 90.6 Å². The summed E-state index contributed by atoms with van der Waals surface area (Å²) in [4.78, 5) is 13.4. The molecule has 3 heterocycles. The van der Waals surface area contributed by atoms with Crippen LogP contribution in [0.4, 0.5) is 0 Å². The Morgan fingerprint density at radius 2 is 2.08 bits per heavy atom. The van der Waals surface area contributed by atoms with E-state index in [1.54, 1.807) is 16.4 Å². The Labute approximate surface area is 146 Å². The molecule has 1 aliphatic rings. The van der Waals surface area contributed by atoms with Gasteiger partial charge in [-0.1, -0.05) is 0 Å². The van der Waals surface area contributed by atoms with E-state index in [0.717, 1.165) is 23.7 Å². The molecular formula is C15H21N5O2S2. The van der Waals surface area contributed by atoms with E-state index in [1.165, 1.54) is 0 Å². The molecule has 2 aromatic rings. The van der Waals surface area contributed by atoms with Crippen molar-refractivity contribution in [2.45, 2.75) is 32.7 Å². The first-order valence-electron chi connectivity index (χ1n) is 7.85. The Balaban J connectivity index is 2.04. The predicted molar refractivity (Wildman–Crippen MR) is 94.9 cm³/mol. The van der Waals surface area contributed by atoms with Gasteiger partial charge in [0.15, 0.2) is 21.5 Å². The minimum absolute atomic E-state index is 0.119. The van der Waals surface area contributed by atoms with Crippen molar-refractivity contribution in [2.75, 3.05) is 23.5 Å². The Bertz CT molecular complexity index is 827. The first-order valence-corrected chi connectivity index (χ1v) is 11.1. The molecule has 0 saturated carbocycles. The van der Waals surface area contributed by atoms with Crippen LogP contribution >= 0.6 is 11.8 Å². The Kier molecular flexibility index (Phi) is 4.91. The van der Waals surface area contributed by atoms with Crippen LogP contribution in [0.1, 0.15) is 29.8 Å². The van der Waals surface area contributed by atoms with Gasteiger partial charge in [0.2, 0.25) is 0 Å². The zero-order chi connectivity index (χ0) is 17.3. The van der Waals surface area contributed by atoms with Gasteiger partial charge in [-0.05, 0) is 32.6 Å². The highest BCUT2D eigenvalue weighted by atomic mass is 32.2. The van der Waals surface area contributed by atoms with Crippen LogP contribution in [-0.2, 0) is 16.3 Å². The first kappa shape index (κ1) is 17.3. The van der Waals surface area contributed by atoms with Gasteiger partial charge in [0.25, 0.3) is 0 Å². The second-order valence-corrected chi connectivity index (χ2v) is 9.25. The first-order chi connectivity index (χ1) is 11.4. The summed E-state index contributed by atoms with van der Waals surface area (Å²) in [6.07, 6.45) is 3.37. The van der Waals surface area contributed by atoms with E-state index in [1.807, 2.05) is 26.2 Å². The molecule has 0 spiro atoms. The smallest absolute Gasteiger partial charge is 0.177 e. The number of aryl methyl sites for hydroxylation is 3. The lowest BCUT2D eigenvalue weighted by Crippen LogP contribution is -2.14. The molecule has 1 atom stereocenters. The van der Waals surface area contributed by atoms with Gasteiger partial charge >= 0.3 is 0 Å². The SMILES string of the molecule is CSCCc1nc(-c2cc(C)nc(C)n2)n(C2CCS(=O)(=O)C2)n1. The van der Waals surface area contributed by atoms with Crippen LogP contribution in [0.25, 0.3) is 11.5 Å². The van der Waals surface area contributed by atoms with Gasteiger partial charge < -0.3 is 0 Å². The summed E-state index contributed by atoms with van der Waals surface area (Å²) in [6.45, 7) is 3.75. The maximum absolute atomic E-state index is 11.9. The molecule has 2 aromatic heterocycles. The number of hydrogen-bond acceptors (Lipinski definition) is 7. The zero-order valence-corrected chi connectivity index (χ0v) is 15.7. The molecule has 1 unspecified atom stereocenters. The van der Waals surface area contributed by atoms with E-state index in [4.69, 9.17) is 0 Å². The van der Waals surface area contributed by atoms with Crippen LogP contribution in [0.2, 0.25) is 0 Å². The highest BCUT2D eigenvalue weighted by Crippen LogP contribution is 2.28. The minimum Gasteiger partial charge on any atom is -0.240 e.